The third-order valence-corrected chi connectivity index (χ3v) is 4.16. The minimum atomic E-state index is -1.34. The molecular weight excluding hydrogens is 336 g/mol. The Bertz CT molecular complexity index is 644. The van der Waals surface area contributed by atoms with Gasteiger partial charge in [0.25, 0.3) is 5.91 Å². The van der Waals surface area contributed by atoms with Crippen LogP contribution in [0.5, 0.6) is 0 Å². The molecule has 2 atom stereocenters. The number of rotatable bonds is 10. The molecule has 0 bridgehead atoms. The van der Waals surface area contributed by atoms with Gasteiger partial charge in [-0.15, -0.1) is 6.58 Å². The van der Waals surface area contributed by atoms with Gasteiger partial charge in [-0.3, -0.25) is 13.8 Å². The number of carbonyl (C=O) groups is 3. The van der Waals surface area contributed by atoms with Crippen LogP contribution in [0.25, 0.3) is 0 Å². The lowest BCUT2D eigenvalue weighted by atomic mass is 10.2. The van der Waals surface area contributed by atoms with E-state index in [4.69, 9.17) is 5.11 Å². The molecule has 0 aliphatic carbocycles. The molecule has 0 saturated carbocycles. The van der Waals surface area contributed by atoms with Gasteiger partial charge in [-0.25, -0.2) is 4.79 Å². The van der Waals surface area contributed by atoms with E-state index < -0.39 is 41.2 Å². The highest BCUT2D eigenvalue weighted by molar-refractivity contribution is 7.85. The molecule has 0 fully saturated rings. The number of carbonyl (C=O) groups excluding carboxylic acids is 1. The highest BCUT2D eigenvalue weighted by Gasteiger charge is 2.20. The Kier molecular flexibility index (Phi) is 7.63. The molecule has 1 unspecified atom stereocenters. The van der Waals surface area contributed by atoms with Crippen molar-refractivity contribution in [2.24, 2.45) is 0 Å². The molecule has 9 heteroatoms. The van der Waals surface area contributed by atoms with Crippen LogP contribution in [-0.2, 0) is 20.4 Å². The Balaban J connectivity index is 2.71. The van der Waals surface area contributed by atoms with Gasteiger partial charge in [0.2, 0.25) is 0 Å². The van der Waals surface area contributed by atoms with Crippen LogP contribution in [0.4, 0.5) is 5.69 Å². The minimum absolute atomic E-state index is 0.0811. The summed E-state index contributed by atoms with van der Waals surface area (Å²) >= 11 is 0. The Hall–Kier alpha value is -2.68. The summed E-state index contributed by atoms with van der Waals surface area (Å²) in [5.74, 6) is -2.73. The molecule has 0 aromatic heterocycles. The smallest absolute Gasteiger partial charge is 0.327 e. The molecule has 0 spiro atoms. The number of amides is 1. The average molecular weight is 354 g/mol. The topological polar surface area (TPSA) is 133 Å². The van der Waals surface area contributed by atoms with Gasteiger partial charge in [-0.2, -0.15) is 0 Å². The summed E-state index contributed by atoms with van der Waals surface area (Å²) in [5, 5.41) is 22.6. The highest BCUT2D eigenvalue weighted by Crippen LogP contribution is 2.12. The van der Waals surface area contributed by atoms with Gasteiger partial charge in [0.15, 0.2) is 0 Å². The van der Waals surface area contributed by atoms with Crippen molar-refractivity contribution in [3.63, 3.8) is 0 Å². The van der Waals surface area contributed by atoms with Crippen LogP contribution in [0.1, 0.15) is 10.4 Å². The van der Waals surface area contributed by atoms with E-state index in [0.717, 1.165) is 0 Å². The Morgan fingerprint density at radius 1 is 1.21 bits per heavy atom. The van der Waals surface area contributed by atoms with Crippen molar-refractivity contribution in [2.75, 3.05) is 23.4 Å². The van der Waals surface area contributed by atoms with Gasteiger partial charge in [-0.1, -0.05) is 6.08 Å². The first-order valence-electron chi connectivity index (χ1n) is 6.88. The number of carboxylic acid groups (broad SMARTS) is 2. The third kappa shape index (κ3) is 6.61. The first kappa shape index (κ1) is 19.4. The fraction of sp³-hybridized carbons (Fsp3) is 0.267. The molecule has 24 heavy (non-hydrogen) atoms. The summed E-state index contributed by atoms with van der Waals surface area (Å²) in [7, 11) is -1.34. The van der Waals surface area contributed by atoms with E-state index in [9.17, 15) is 23.7 Å². The van der Waals surface area contributed by atoms with Crippen LogP contribution < -0.4 is 10.6 Å². The predicted molar refractivity (Wildman–Crippen MR) is 89.5 cm³/mol. The molecule has 4 N–H and O–H groups in total. The van der Waals surface area contributed by atoms with E-state index in [1.165, 1.54) is 30.3 Å². The summed E-state index contributed by atoms with van der Waals surface area (Å²) in [6.45, 7) is 2.96. The maximum Gasteiger partial charge on any atom is 0.327 e. The van der Waals surface area contributed by atoms with Gasteiger partial charge in [0.05, 0.1) is 5.75 Å². The van der Waals surface area contributed by atoms with Gasteiger partial charge in [0.1, 0.15) is 12.6 Å². The molecule has 0 aliphatic heterocycles. The molecule has 0 saturated heterocycles. The maximum atomic E-state index is 11.7. The Morgan fingerprint density at radius 3 is 2.33 bits per heavy atom. The van der Waals surface area contributed by atoms with Crippen molar-refractivity contribution in [3.05, 3.63) is 42.5 Å². The summed E-state index contributed by atoms with van der Waals surface area (Å²) < 4.78 is 11.7. The van der Waals surface area contributed by atoms with E-state index in [1.807, 2.05) is 0 Å². The summed E-state index contributed by atoms with van der Waals surface area (Å²) in [6.07, 6.45) is 1.46. The number of hydrogen-bond donors (Lipinski definition) is 4. The van der Waals surface area contributed by atoms with Crippen LogP contribution in [0.15, 0.2) is 36.9 Å². The first-order valence-corrected chi connectivity index (χ1v) is 8.37. The Morgan fingerprint density at radius 2 is 1.83 bits per heavy atom. The quantitative estimate of drug-likeness (QED) is 0.444. The number of aliphatic carboxylic acids is 2. The van der Waals surface area contributed by atoms with Crippen molar-refractivity contribution >= 4 is 34.3 Å². The second-order valence-electron chi connectivity index (χ2n) is 4.75. The molecule has 1 amide bonds. The van der Waals surface area contributed by atoms with Gasteiger partial charge in [-0.05, 0) is 24.3 Å². The van der Waals surface area contributed by atoms with Gasteiger partial charge < -0.3 is 20.8 Å². The summed E-state index contributed by atoms with van der Waals surface area (Å²) in [4.78, 5) is 33.3. The van der Waals surface area contributed by atoms with Crippen molar-refractivity contribution < 1.29 is 28.8 Å². The maximum absolute atomic E-state index is 11.7. The molecule has 0 heterocycles. The van der Waals surface area contributed by atoms with Crippen LogP contribution >= 0.6 is 0 Å². The SMILES string of the molecule is C=CCS(=O)C[C@H](Nc1ccc(C(=O)NCC(=O)O)cc1)C(=O)O. The largest absolute Gasteiger partial charge is 0.480 e. The summed E-state index contributed by atoms with van der Waals surface area (Å²) in [5.41, 5.74) is 0.677. The lowest BCUT2D eigenvalue weighted by molar-refractivity contribution is -0.137. The molecule has 8 nitrogen and oxygen atoms in total. The number of nitrogens with one attached hydrogen (secondary N) is 2. The van der Waals surface area contributed by atoms with Crippen molar-refractivity contribution in [1.29, 1.82) is 0 Å². The summed E-state index contributed by atoms with van der Waals surface area (Å²) in [6, 6.07) is 4.79. The van der Waals surface area contributed by atoms with E-state index >= 15 is 0 Å². The number of hydrogen-bond acceptors (Lipinski definition) is 5. The third-order valence-electron chi connectivity index (χ3n) is 2.84. The van der Waals surface area contributed by atoms with E-state index in [1.54, 1.807) is 0 Å². The first-order chi connectivity index (χ1) is 11.3. The lowest BCUT2D eigenvalue weighted by Crippen LogP contribution is -2.35. The monoisotopic (exact) mass is 354 g/mol. The number of benzene rings is 1. The predicted octanol–water partition coefficient (Wildman–Crippen LogP) is 0.301. The highest BCUT2D eigenvalue weighted by atomic mass is 32.2. The molecule has 0 radical (unpaired) electrons. The Labute approximate surface area is 141 Å². The van der Waals surface area contributed by atoms with Crippen molar-refractivity contribution in [2.45, 2.75) is 6.04 Å². The zero-order valence-corrected chi connectivity index (χ0v) is 13.5. The van der Waals surface area contributed by atoms with Crippen LogP contribution in [-0.4, -0.2) is 56.4 Å². The van der Waals surface area contributed by atoms with Gasteiger partial charge in [0, 0.05) is 27.8 Å². The van der Waals surface area contributed by atoms with Crippen LogP contribution in [0.2, 0.25) is 0 Å². The molecule has 1 rings (SSSR count). The van der Waals surface area contributed by atoms with Crippen molar-refractivity contribution in [1.82, 2.24) is 5.32 Å². The standard InChI is InChI=1S/C15H18N2O6S/c1-2-7-24(23)9-12(15(21)22)17-11-5-3-10(4-6-11)14(20)16-8-13(18)19/h2-6,12,17H,1,7-9H2,(H,16,20)(H,18,19)(H,21,22)/t12-,24?/m0/s1. The van der Waals surface area contributed by atoms with Crippen molar-refractivity contribution in [3.8, 4) is 0 Å². The lowest BCUT2D eigenvalue weighted by Gasteiger charge is -2.15. The van der Waals surface area contributed by atoms with E-state index in [0.29, 0.717) is 5.69 Å². The fourth-order valence-corrected chi connectivity index (χ4v) is 2.73. The van der Waals surface area contributed by atoms with Gasteiger partial charge >= 0.3 is 11.9 Å². The number of anilines is 1. The second-order valence-corrected chi connectivity index (χ2v) is 6.30. The average Bonchev–Trinajstić information content (AvgIpc) is 2.52. The molecular formula is C15H18N2O6S. The zero-order chi connectivity index (χ0) is 18.1. The molecule has 130 valence electrons. The van der Waals surface area contributed by atoms with Crippen LogP contribution in [0, 0.1) is 0 Å². The number of carboxylic acids is 2. The molecule has 0 aliphatic rings. The normalized spacial score (nSPS) is 12.7. The van der Waals surface area contributed by atoms with Crippen LogP contribution in [0.3, 0.4) is 0 Å². The molecule has 1 aromatic rings. The zero-order valence-electron chi connectivity index (χ0n) is 12.7. The van der Waals surface area contributed by atoms with E-state index in [2.05, 4.69) is 17.2 Å². The minimum Gasteiger partial charge on any atom is -0.480 e. The molecule has 1 aromatic carbocycles. The second kappa shape index (κ2) is 9.46. The fourth-order valence-electron chi connectivity index (χ4n) is 1.74. The van der Waals surface area contributed by atoms with E-state index in [-0.39, 0.29) is 17.1 Å².